The van der Waals surface area contributed by atoms with Crippen LogP contribution in [-0.2, 0) is 4.84 Å². The van der Waals surface area contributed by atoms with Gasteiger partial charge in [0.15, 0.2) is 0 Å². The minimum atomic E-state index is -0.425. The first kappa shape index (κ1) is 14.8. The van der Waals surface area contributed by atoms with E-state index in [1.165, 1.54) is 5.57 Å². The van der Waals surface area contributed by atoms with Crippen LogP contribution in [0.2, 0.25) is 0 Å². The molecule has 0 unspecified atom stereocenters. The van der Waals surface area contributed by atoms with Gasteiger partial charge in [0.05, 0.1) is 18.2 Å². The van der Waals surface area contributed by atoms with Gasteiger partial charge in [0.2, 0.25) is 0 Å². The summed E-state index contributed by atoms with van der Waals surface area (Å²) in [7, 11) is 0. The molecule has 1 heterocycles. The number of oxime groups is 1. The fraction of sp³-hybridized carbons (Fsp3) is 0.471. The van der Waals surface area contributed by atoms with E-state index in [1.807, 2.05) is 37.3 Å². The zero-order valence-corrected chi connectivity index (χ0v) is 12.5. The van der Waals surface area contributed by atoms with E-state index in [9.17, 15) is 5.11 Å². The van der Waals surface area contributed by atoms with Crippen LogP contribution in [0.4, 0.5) is 0 Å². The van der Waals surface area contributed by atoms with Crippen molar-refractivity contribution in [3.05, 3.63) is 47.5 Å². The van der Waals surface area contributed by atoms with Crippen LogP contribution in [-0.4, -0.2) is 23.0 Å². The number of aliphatic hydroxyl groups is 1. The SMILES string of the molecule is CC(C)=CCC[C@@]1(C)ON=C(c2ccccc2)[C@@H]1CO. The van der Waals surface area contributed by atoms with Crippen LogP contribution in [0.5, 0.6) is 0 Å². The standard InChI is InChI=1S/C17H23NO2/c1-13(2)8-7-11-17(3)15(12-19)16(18-20-17)14-9-5-4-6-10-14/h4-6,8-10,15,19H,7,11-12H2,1-3H3/t15-,17+/m0/s1. The summed E-state index contributed by atoms with van der Waals surface area (Å²) < 4.78 is 0. The molecule has 0 aromatic heterocycles. The predicted octanol–water partition coefficient (Wildman–Crippen LogP) is 3.53. The average molecular weight is 273 g/mol. The lowest BCUT2D eigenvalue weighted by atomic mass is 9.81. The molecular formula is C17H23NO2. The van der Waals surface area contributed by atoms with Crippen LogP contribution in [0, 0.1) is 5.92 Å². The Labute approximate surface area is 121 Å². The predicted molar refractivity (Wildman–Crippen MR) is 81.7 cm³/mol. The largest absolute Gasteiger partial charge is 0.396 e. The third-order valence-electron chi connectivity index (χ3n) is 3.87. The Morgan fingerprint density at radius 2 is 2.05 bits per heavy atom. The molecule has 3 heteroatoms. The summed E-state index contributed by atoms with van der Waals surface area (Å²) in [5, 5.41) is 14.0. The highest BCUT2D eigenvalue weighted by molar-refractivity contribution is 6.03. The summed E-state index contributed by atoms with van der Waals surface area (Å²) in [6.07, 6.45) is 3.99. The first-order valence-electron chi connectivity index (χ1n) is 7.12. The lowest BCUT2D eigenvalue weighted by molar-refractivity contribution is -0.0461. The molecule has 0 bridgehead atoms. The van der Waals surface area contributed by atoms with Crippen LogP contribution in [0.25, 0.3) is 0 Å². The molecule has 1 N–H and O–H groups in total. The van der Waals surface area contributed by atoms with E-state index in [4.69, 9.17) is 4.84 Å². The third kappa shape index (κ3) is 3.10. The second kappa shape index (κ2) is 6.23. The number of nitrogens with zero attached hydrogens (tertiary/aromatic N) is 1. The van der Waals surface area contributed by atoms with Crippen molar-refractivity contribution in [3.8, 4) is 0 Å². The van der Waals surface area contributed by atoms with Crippen LogP contribution in [0.15, 0.2) is 47.1 Å². The highest BCUT2D eigenvalue weighted by Crippen LogP contribution is 2.36. The number of rotatable bonds is 5. The Morgan fingerprint density at radius 1 is 1.35 bits per heavy atom. The maximum absolute atomic E-state index is 9.77. The van der Waals surface area contributed by atoms with Gasteiger partial charge < -0.3 is 9.94 Å². The molecule has 0 amide bonds. The molecule has 2 rings (SSSR count). The number of aliphatic hydroxyl groups excluding tert-OH is 1. The molecular weight excluding hydrogens is 250 g/mol. The highest BCUT2D eigenvalue weighted by atomic mass is 16.7. The van der Waals surface area contributed by atoms with Crippen molar-refractivity contribution in [1.29, 1.82) is 0 Å². The average Bonchev–Trinajstić information content (AvgIpc) is 2.76. The summed E-state index contributed by atoms with van der Waals surface area (Å²) in [5.74, 6) is -0.0736. The van der Waals surface area contributed by atoms with Crippen LogP contribution < -0.4 is 0 Å². The van der Waals surface area contributed by atoms with Crippen molar-refractivity contribution >= 4 is 5.71 Å². The molecule has 2 atom stereocenters. The molecule has 0 spiro atoms. The van der Waals surface area contributed by atoms with Crippen LogP contribution in [0.1, 0.15) is 39.2 Å². The normalized spacial score (nSPS) is 25.0. The number of hydrogen-bond donors (Lipinski definition) is 1. The second-order valence-corrected chi connectivity index (χ2v) is 5.80. The quantitative estimate of drug-likeness (QED) is 0.834. The first-order chi connectivity index (χ1) is 9.57. The van der Waals surface area contributed by atoms with Crippen molar-refractivity contribution < 1.29 is 9.94 Å². The third-order valence-corrected chi connectivity index (χ3v) is 3.87. The van der Waals surface area contributed by atoms with E-state index >= 15 is 0 Å². The Kier molecular flexibility index (Phi) is 4.61. The molecule has 0 aliphatic carbocycles. The van der Waals surface area contributed by atoms with Gasteiger partial charge in [-0.1, -0.05) is 47.1 Å². The Morgan fingerprint density at radius 3 is 2.65 bits per heavy atom. The van der Waals surface area contributed by atoms with Gasteiger partial charge in [-0.2, -0.15) is 0 Å². The fourth-order valence-corrected chi connectivity index (χ4v) is 2.58. The van der Waals surface area contributed by atoms with Crippen molar-refractivity contribution in [3.63, 3.8) is 0 Å². The smallest absolute Gasteiger partial charge is 0.145 e. The Balaban J connectivity index is 2.14. The molecule has 0 fully saturated rings. The van der Waals surface area contributed by atoms with E-state index in [-0.39, 0.29) is 12.5 Å². The summed E-state index contributed by atoms with van der Waals surface area (Å²) in [6, 6.07) is 9.94. The topological polar surface area (TPSA) is 41.8 Å². The maximum atomic E-state index is 9.77. The molecule has 108 valence electrons. The highest BCUT2D eigenvalue weighted by Gasteiger charge is 2.44. The lowest BCUT2D eigenvalue weighted by Gasteiger charge is -2.28. The van der Waals surface area contributed by atoms with Gasteiger partial charge in [0.25, 0.3) is 0 Å². The Hall–Kier alpha value is -1.61. The van der Waals surface area contributed by atoms with Crippen LogP contribution in [0.3, 0.4) is 0 Å². The molecule has 0 radical (unpaired) electrons. The molecule has 1 aromatic rings. The number of allylic oxidation sites excluding steroid dienone is 2. The second-order valence-electron chi connectivity index (χ2n) is 5.80. The first-order valence-corrected chi connectivity index (χ1v) is 7.12. The van der Waals surface area contributed by atoms with Gasteiger partial charge in [-0.25, -0.2) is 0 Å². The zero-order valence-electron chi connectivity index (χ0n) is 12.5. The summed E-state index contributed by atoms with van der Waals surface area (Å²) >= 11 is 0. The van der Waals surface area contributed by atoms with E-state index in [0.717, 1.165) is 24.1 Å². The van der Waals surface area contributed by atoms with Crippen molar-refractivity contribution in [2.75, 3.05) is 6.61 Å². The number of hydrogen-bond acceptors (Lipinski definition) is 3. The molecule has 3 nitrogen and oxygen atoms in total. The molecule has 0 saturated heterocycles. The molecule has 1 aliphatic heterocycles. The van der Waals surface area contributed by atoms with Gasteiger partial charge in [0.1, 0.15) is 5.60 Å². The van der Waals surface area contributed by atoms with E-state index in [2.05, 4.69) is 25.1 Å². The van der Waals surface area contributed by atoms with Crippen LogP contribution >= 0.6 is 0 Å². The Bertz CT molecular complexity index is 503. The fourth-order valence-electron chi connectivity index (χ4n) is 2.58. The van der Waals surface area contributed by atoms with Gasteiger partial charge in [-0.3, -0.25) is 0 Å². The monoisotopic (exact) mass is 273 g/mol. The molecule has 20 heavy (non-hydrogen) atoms. The maximum Gasteiger partial charge on any atom is 0.145 e. The lowest BCUT2D eigenvalue weighted by Crippen LogP contribution is -2.38. The van der Waals surface area contributed by atoms with Crippen molar-refractivity contribution in [2.45, 2.75) is 39.2 Å². The number of benzene rings is 1. The molecule has 0 saturated carbocycles. The molecule has 1 aliphatic rings. The van der Waals surface area contributed by atoms with Crippen molar-refractivity contribution in [1.82, 2.24) is 0 Å². The summed E-state index contributed by atoms with van der Waals surface area (Å²) in [5.41, 5.74) is 2.76. The minimum Gasteiger partial charge on any atom is -0.396 e. The summed E-state index contributed by atoms with van der Waals surface area (Å²) in [6.45, 7) is 6.27. The van der Waals surface area contributed by atoms with E-state index < -0.39 is 5.60 Å². The van der Waals surface area contributed by atoms with Gasteiger partial charge in [0, 0.05) is 0 Å². The van der Waals surface area contributed by atoms with E-state index in [1.54, 1.807) is 0 Å². The molecule has 1 aromatic carbocycles. The van der Waals surface area contributed by atoms with Gasteiger partial charge in [-0.05, 0) is 39.2 Å². The summed E-state index contributed by atoms with van der Waals surface area (Å²) in [4.78, 5) is 5.69. The van der Waals surface area contributed by atoms with E-state index in [0.29, 0.717) is 0 Å². The minimum absolute atomic E-state index is 0.0546. The van der Waals surface area contributed by atoms with Crippen molar-refractivity contribution in [2.24, 2.45) is 11.1 Å². The zero-order chi connectivity index (χ0) is 14.6. The van der Waals surface area contributed by atoms with Gasteiger partial charge in [-0.15, -0.1) is 0 Å². The van der Waals surface area contributed by atoms with Gasteiger partial charge >= 0.3 is 0 Å².